The van der Waals surface area contributed by atoms with E-state index in [1.165, 1.54) is 16.6 Å². The Bertz CT molecular complexity index is 551. The number of nitrogens with one attached hydrogen (secondary N) is 1. The zero-order valence-electron chi connectivity index (χ0n) is 12.2. The van der Waals surface area contributed by atoms with Crippen molar-refractivity contribution < 1.29 is 18.3 Å². The van der Waals surface area contributed by atoms with Gasteiger partial charge in [-0.15, -0.1) is 0 Å². The topological polar surface area (TPSA) is 99.6 Å². The molecule has 1 aromatic rings. The first kappa shape index (κ1) is 17.5. The van der Waals surface area contributed by atoms with Crippen molar-refractivity contribution in [2.45, 2.75) is 33.2 Å². The lowest BCUT2D eigenvalue weighted by Crippen LogP contribution is -2.41. The molecule has 0 saturated heterocycles. The molecule has 0 saturated carbocycles. The molecular formula is C13H21N3O4S. The third-order valence-electron chi connectivity index (χ3n) is 2.79. The zero-order chi connectivity index (χ0) is 15.9. The average Bonchev–Trinajstić information content (AvgIpc) is 2.45. The SMILES string of the molecule is CCCN(CCC)S(=O)(=O)NCc1ccc(C(=O)O)nc1. The Balaban J connectivity index is 2.69. The largest absolute Gasteiger partial charge is 0.477 e. The van der Waals surface area contributed by atoms with Gasteiger partial charge in [-0.25, -0.2) is 9.78 Å². The Kier molecular flexibility index (Phi) is 6.73. The number of carboxylic acid groups (broad SMARTS) is 1. The maximum Gasteiger partial charge on any atom is 0.354 e. The number of aromatic carboxylic acids is 1. The Morgan fingerprint density at radius 2 is 1.90 bits per heavy atom. The molecule has 7 nitrogen and oxygen atoms in total. The zero-order valence-corrected chi connectivity index (χ0v) is 13.1. The molecule has 0 bridgehead atoms. The van der Waals surface area contributed by atoms with Crippen LogP contribution in [0.15, 0.2) is 18.3 Å². The molecule has 0 unspecified atom stereocenters. The van der Waals surface area contributed by atoms with Gasteiger partial charge in [0.05, 0.1) is 0 Å². The Labute approximate surface area is 125 Å². The van der Waals surface area contributed by atoms with Gasteiger partial charge < -0.3 is 5.11 Å². The molecule has 0 radical (unpaired) electrons. The summed E-state index contributed by atoms with van der Waals surface area (Å²) in [5.74, 6) is -1.11. The second-order valence-electron chi connectivity index (χ2n) is 4.58. The van der Waals surface area contributed by atoms with E-state index < -0.39 is 16.2 Å². The van der Waals surface area contributed by atoms with E-state index in [-0.39, 0.29) is 12.2 Å². The third-order valence-corrected chi connectivity index (χ3v) is 4.34. The van der Waals surface area contributed by atoms with Gasteiger partial charge in [0, 0.05) is 25.8 Å². The molecule has 0 aliphatic carbocycles. The summed E-state index contributed by atoms with van der Waals surface area (Å²) in [4.78, 5) is 14.4. The molecule has 0 fully saturated rings. The molecular weight excluding hydrogens is 294 g/mol. The van der Waals surface area contributed by atoms with Crippen molar-refractivity contribution in [2.24, 2.45) is 0 Å². The van der Waals surface area contributed by atoms with Crippen LogP contribution >= 0.6 is 0 Å². The second kappa shape index (κ2) is 8.06. The lowest BCUT2D eigenvalue weighted by Gasteiger charge is -2.21. The summed E-state index contributed by atoms with van der Waals surface area (Å²) < 4.78 is 28.2. The van der Waals surface area contributed by atoms with E-state index in [0.29, 0.717) is 18.7 Å². The standard InChI is InChI=1S/C13H21N3O4S/c1-3-7-16(8-4-2)21(19,20)15-10-11-5-6-12(13(17)18)14-9-11/h5-6,9,15H,3-4,7-8,10H2,1-2H3,(H,17,18). The molecule has 21 heavy (non-hydrogen) atoms. The predicted octanol–water partition coefficient (Wildman–Crippen LogP) is 1.24. The smallest absolute Gasteiger partial charge is 0.354 e. The molecule has 0 aliphatic heterocycles. The van der Waals surface area contributed by atoms with Crippen LogP contribution in [0.2, 0.25) is 0 Å². The Hall–Kier alpha value is -1.51. The van der Waals surface area contributed by atoms with Crippen LogP contribution in [0.1, 0.15) is 42.7 Å². The van der Waals surface area contributed by atoms with E-state index in [4.69, 9.17) is 5.11 Å². The first-order chi connectivity index (χ1) is 9.90. The minimum atomic E-state index is -3.53. The van der Waals surface area contributed by atoms with E-state index in [1.54, 1.807) is 6.07 Å². The quantitative estimate of drug-likeness (QED) is 0.714. The van der Waals surface area contributed by atoms with Crippen molar-refractivity contribution in [3.63, 3.8) is 0 Å². The van der Waals surface area contributed by atoms with Crippen molar-refractivity contribution in [3.8, 4) is 0 Å². The highest BCUT2D eigenvalue weighted by atomic mass is 32.2. The van der Waals surface area contributed by atoms with Crippen LogP contribution in [0, 0.1) is 0 Å². The molecule has 1 aromatic heterocycles. The monoisotopic (exact) mass is 315 g/mol. The first-order valence-corrected chi connectivity index (χ1v) is 8.27. The maximum absolute atomic E-state index is 12.2. The lowest BCUT2D eigenvalue weighted by atomic mass is 10.2. The summed E-state index contributed by atoms with van der Waals surface area (Å²) in [6.07, 6.45) is 2.85. The van der Waals surface area contributed by atoms with E-state index >= 15 is 0 Å². The highest BCUT2D eigenvalue weighted by Crippen LogP contribution is 2.05. The van der Waals surface area contributed by atoms with Gasteiger partial charge in [0.15, 0.2) is 0 Å². The van der Waals surface area contributed by atoms with Crippen LogP contribution in [0.25, 0.3) is 0 Å². The molecule has 1 heterocycles. The average molecular weight is 315 g/mol. The van der Waals surface area contributed by atoms with Gasteiger partial charge in [-0.2, -0.15) is 17.4 Å². The van der Waals surface area contributed by atoms with Crippen LogP contribution in [0.4, 0.5) is 0 Å². The van der Waals surface area contributed by atoms with E-state index in [1.807, 2.05) is 13.8 Å². The normalized spacial score (nSPS) is 11.8. The van der Waals surface area contributed by atoms with Gasteiger partial charge in [-0.05, 0) is 24.5 Å². The van der Waals surface area contributed by atoms with Crippen LogP contribution < -0.4 is 4.72 Å². The van der Waals surface area contributed by atoms with Crippen LogP contribution in [-0.4, -0.2) is 41.9 Å². The fraction of sp³-hybridized carbons (Fsp3) is 0.538. The van der Waals surface area contributed by atoms with Crippen molar-refractivity contribution in [2.75, 3.05) is 13.1 Å². The summed E-state index contributed by atoms with van der Waals surface area (Å²) >= 11 is 0. The predicted molar refractivity (Wildman–Crippen MR) is 79.1 cm³/mol. The van der Waals surface area contributed by atoms with Crippen LogP contribution in [0.5, 0.6) is 0 Å². The molecule has 0 aromatic carbocycles. The van der Waals surface area contributed by atoms with Crippen LogP contribution in [-0.2, 0) is 16.8 Å². The number of pyridine rings is 1. The fourth-order valence-electron chi connectivity index (χ4n) is 1.77. The van der Waals surface area contributed by atoms with Gasteiger partial charge in [0.2, 0.25) is 0 Å². The van der Waals surface area contributed by atoms with Gasteiger partial charge in [-0.3, -0.25) is 0 Å². The summed E-state index contributed by atoms with van der Waals surface area (Å²) in [6.45, 7) is 4.87. The van der Waals surface area contributed by atoms with E-state index in [9.17, 15) is 13.2 Å². The number of rotatable bonds is 9. The Morgan fingerprint density at radius 3 is 2.33 bits per heavy atom. The molecule has 8 heteroatoms. The van der Waals surface area contributed by atoms with Gasteiger partial charge in [0.25, 0.3) is 10.2 Å². The number of hydrogen-bond donors (Lipinski definition) is 2. The third kappa shape index (κ3) is 5.41. The summed E-state index contributed by atoms with van der Waals surface area (Å²) in [5.41, 5.74) is 0.539. The number of carbonyl (C=O) groups is 1. The number of carboxylic acids is 1. The Morgan fingerprint density at radius 1 is 1.29 bits per heavy atom. The lowest BCUT2D eigenvalue weighted by molar-refractivity contribution is 0.0690. The summed E-state index contributed by atoms with van der Waals surface area (Å²) in [6, 6.07) is 2.89. The minimum Gasteiger partial charge on any atom is -0.477 e. The van der Waals surface area contributed by atoms with E-state index in [0.717, 1.165) is 12.8 Å². The molecule has 0 atom stereocenters. The fourth-order valence-corrected chi connectivity index (χ4v) is 3.15. The molecule has 0 amide bonds. The van der Waals surface area contributed by atoms with Crippen molar-refractivity contribution in [1.82, 2.24) is 14.0 Å². The molecule has 118 valence electrons. The van der Waals surface area contributed by atoms with Crippen molar-refractivity contribution in [3.05, 3.63) is 29.6 Å². The molecule has 1 rings (SSSR count). The molecule has 2 N–H and O–H groups in total. The highest BCUT2D eigenvalue weighted by molar-refractivity contribution is 7.87. The van der Waals surface area contributed by atoms with Gasteiger partial charge in [0.1, 0.15) is 5.69 Å². The van der Waals surface area contributed by atoms with Gasteiger partial charge in [-0.1, -0.05) is 19.9 Å². The highest BCUT2D eigenvalue weighted by Gasteiger charge is 2.19. The molecule has 0 aliphatic rings. The molecule has 0 spiro atoms. The summed E-state index contributed by atoms with van der Waals surface area (Å²) in [5, 5.41) is 8.75. The first-order valence-electron chi connectivity index (χ1n) is 6.83. The number of nitrogens with zero attached hydrogens (tertiary/aromatic N) is 2. The maximum atomic E-state index is 12.2. The van der Waals surface area contributed by atoms with Gasteiger partial charge >= 0.3 is 5.97 Å². The minimum absolute atomic E-state index is 0.0693. The summed E-state index contributed by atoms with van der Waals surface area (Å²) in [7, 11) is -3.53. The number of aromatic nitrogens is 1. The van der Waals surface area contributed by atoms with E-state index in [2.05, 4.69) is 9.71 Å². The van der Waals surface area contributed by atoms with Crippen LogP contribution in [0.3, 0.4) is 0 Å². The second-order valence-corrected chi connectivity index (χ2v) is 6.34. The number of hydrogen-bond acceptors (Lipinski definition) is 4. The van der Waals surface area contributed by atoms with Crippen molar-refractivity contribution in [1.29, 1.82) is 0 Å². The van der Waals surface area contributed by atoms with Crippen molar-refractivity contribution >= 4 is 16.2 Å².